The Labute approximate surface area is 124 Å². The molecular formula is C13H20N5Sn. The first-order chi connectivity index (χ1) is 9.33. The van der Waals surface area contributed by atoms with Gasteiger partial charge in [0.05, 0.1) is 0 Å². The summed E-state index contributed by atoms with van der Waals surface area (Å²) in [7, 11) is 0. The van der Waals surface area contributed by atoms with Crippen molar-refractivity contribution in [2.24, 2.45) is 8.33 Å². The molecule has 0 spiro atoms. The van der Waals surface area contributed by atoms with Gasteiger partial charge in [0.15, 0.2) is 0 Å². The number of nitrogens with zero attached hydrogens (tertiary/aromatic N) is 5. The monoisotopic (exact) mass is 366 g/mol. The van der Waals surface area contributed by atoms with Crippen LogP contribution < -0.4 is 8.48 Å². The first-order valence-electron chi connectivity index (χ1n) is 6.57. The Kier molecular flexibility index (Phi) is 8.09. The van der Waals surface area contributed by atoms with E-state index in [-0.39, 0.29) is 0 Å². The minimum atomic E-state index is -1.46. The van der Waals surface area contributed by atoms with Gasteiger partial charge < -0.3 is 0 Å². The van der Waals surface area contributed by atoms with Crippen LogP contribution in [-0.2, 0) is 0 Å². The van der Waals surface area contributed by atoms with Gasteiger partial charge in [0.1, 0.15) is 0 Å². The fourth-order valence-corrected chi connectivity index (χ4v) is 4.24. The molecule has 1 aromatic carbocycles. The summed E-state index contributed by atoms with van der Waals surface area (Å²) in [5.74, 6) is 0. The molecule has 1 radical (unpaired) electrons. The van der Waals surface area contributed by atoms with Crippen molar-refractivity contribution in [2.45, 2.75) is 26.7 Å². The van der Waals surface area contributed by atoms with E-state index in [1.54, 1.807) is 0 Å². The molecule has 0 unspecified atom stereocenters. The van der Waals surface area contributed by atoms with Gasteiger partial charge in [-0.15, -0.1) is 0 Å². The van der Waals surface area contributed by atoms with Gasteiger partial charge in [0.25, 0.3) is 0 Å². The van der Waals surface area contributed by atoms with Gasteiger partial charge in [-0.2, -0.15) is 0 Å². The topological polar surface area (TPSA) is 64.4 Å². The van der Waals surface area contributed by atoms with Crippen molar-refractivity contribution in [2.75, 3.05) is 16.2 Å². The van der Waals surface area contributed by atoms with Gasteiger partial charge in [-0.3, -0.25) is 0 Å². The maximum atomic E-state index is 8.55. The second-order valence-corrected chi connectivity index (χ2v) is 7.17. The molecule has 0 atom stereocenters. The molecule has 19 heavy (non-hydrogen) atoms. The van der Waals surface area contributed by atoms with E-state index < -0.39 is 21.7 Å². The summed E-state index contributed by atoms with van der Waals surface area (Å²) in [5.41, 5.74) is 9.65. The molecule has 5 nitrogen and oxygen atoms in total. The molecule has 0 saturated heterocycles. The molecule has 1 rings (SSSR count). The third kappa shape index (κ3) is 5.53. The van der Waals surface area contributed by atoms with Gasteiger partial charge in [0, 0.05) is 0 Å². The van der Waals surface area contributed by atoms with Crippen LogP contribution in [0.25, 0.3) is 10.4 Å². The Bertz CT molecular complexity index is 496. The predicted molar refractivity (Wildman–Crippen MR) is 81.1 cm³/mol. The summed E-state index contributed by atoms with van der Waals surface area (Å²) in [6.07, 6.45) is 2.07. The van der Waals surface area contributed by atoms with E-state index in [4.69, 9.17) is 5.53 Å². The predicted octanol–water partition coefficient (Wildman–Crippen LogP) is 2.79. The van der Waals surface area contributed by atoms with Crippen molar-refractivity contribution in [3.8, 4) is 0 Å². The molecule has 0 aliphatic carbocycles. The molecule has 0 fully saturated rings. The zero-order chi connectivity index (χ0) is 13.9. The van der Waals surface area contributed by atoms with E-state index in [1.165, 1.54) is 0 Å². The van der Waals surface area contributed by atoms with Crippen molar-refractivity contribution in [1.29, 1.82) is 0 Å². The zero-order valence-corrected chi connectivity index (χ0v) is 14.8. The molecule has 0 aliphatic heterocycles. The SMILES string of the molecule is CCCN=c1cccccc1[N](CCC)[SnH][N]=[N+]=[N-]. The molecule has 0 N–H and O–H groups in total. The number of hydrogen-bond acceptors (Lipinski definition) is 3. The average Bonchev–Trinajstić information content (AvgIpc) is 2.66. The molecule has 1 aromatic rings. The van der Waals surface area contributed by atoms with Gasteiger partial charge in [-0.05, 0) is 0 Å². The van der Waals surface area contributed by atoms with Crippen LogP contribution in [0.1, 0.15) is 26.7 Å². The molecule has 0 bridgehead atoms. The third-order valence-electron chi connectivity index (χ3n) is 2.52. The molecule has 0 aliphatic rings. The van der Waals surface area contributed by atoms with Crippen LogP contribution in [0.15, 0.2) is 38.7 Å². The fourth-order valence-electron chi connectivity index (χ4n) is 1.70. The Hall–Kier alpha value is -1.20. The van der Waals surface area contributed by atoms with Crippen LogP contribution in [0, 0.1) is 0 Å². The third-order valence-corrected chi connectivity index (χ3v) is 5.43. The van der Waals surface area contributed by atoms with Gasteiger partial charge in [0.2, 0.25) is 0 Å². The van der Waals surface area contributed by atoms with E-state index in [9.17, 15) is 0 Å². The molecule has 101 valence electrons. The van der Waals surface area contributed by atoms with Crippen molar-refractivity contribution in [3.05, 3.63) is 46.1 Å². The fraction of sp³-hybridized carbons (Fsp3) is 0.462. The Morgan fingerprint density at radius 3 is 2.68 bits per heavy atom. The van der Waals surface area contributed by atoms with E-state index in [0.717, 1.165) is 37.0 Å². The Morgan fingerprint density at radius 1 is 1.21 bits per heavy atom. The van der Waals surface area contributed by atoms with Crippen LogP contribution in [0.3, 0.4) is 0 Å². The zero-order valence-electron chi connectivity index (χ0n) is 11.5. The van der Waals surface area contributed by atoms with Crippen molar-refractivity contribution in [1.82, 2.24) is 0 Å². The summed E-state index contributed by atoms with van der Waals surface area (Å²) in [5, 5.41) is 1.000. The quantitative estimate of drug-likeness (QED) is 0.317. The molecule has 6 heteroatoms. The molecule has 0 saturated carbocycles. The van der Waals surface area contributed by atoms with Crippen LogP contribution in [0.2, 0.25) is 0 Å². The first kappa shape index (κ1) is 15.9. The summed E-state index contributed by atoms with van der Waals surface area (Å²) in [4.78, 5) is 7.56. The summed E-state index contributed by atoms with van der Waals surface area (Å²) in [6.45, 7) is 6.01. The molecular weight excluding hydrogens is 345 g/mol. The molecule has 0 aromatic heterocycles. The average molecular weight is 365 g/mol. The first-order valence-corrected chi connectivity index (χ1v) is 9.52. The summed E-state index contributed by atoms with van der Waals surface area (Å²) in [6, 6.07) is 10.1. The Balaban J connectivity index is 3.20. The van der Waals surface area contributed by atoms with Crippen molar-refractivity contribution >= 4 is 27.4 Å². The van der Waals surface area contributed by atoms with Crippen LogP contribution in [-0.4, -0.2) is 34.8 Å². The standard InChI is InChI=1S/C13H19N2.N3.Sn.H/c1-3-10-14-12-8-6-5-7-9-13(12)15-11-4-2;1-3-2;;/h5-9H,3-4,10-11H2,1-2H3;;;/q2*-1;+2;. The van der Waals surface area contributed by atoms with E-state index in [1.807, 2.05) is 24.3 Å². The van der Waals surface area contributed by atoms with Gasteiger partial charge in [-0.1, -0.05) is 0 Å². The van der Waals surface area contributed by atoms with Gasteiger partial charge in [-0.25, -0.2) is 0 Å². The molecule has 0 heterocycles. The van der Waals surface area contributed by atoms with Crippen molar-refractivity contribution in [3.63, 3.8) is 0 Å². The number of rotatable bonds is 7. The van der Waals surface area contributed by atoms with E-state index in [2.05, 4.69) is 36.3 Å². The van der Waals surface area contributed by atoms with Crippen LogP contribution in [0.5, 0.6) is 0 Å². The normalized spacial score (nSPS) is 10.9. The summed E-state index contributed by atoms with van der Waals surface area (Å²) < 4.78 is 6.12. The van der Waals surface area contributed by atoms with E-state index >= 15 is 0 Å². The Morgan fingerprint density at radius 2 is 2.00 bits per heavy atom. The van der Waals surface area contributed by atoms with E-state index in [0.29, 0.717) is 0 Å². The second kappa shape index (κ2) is 9.69. The number of hydrogen-bond donors (Lipinski definition) is 0. The summed E-state index contributed by atoms with van der Waals surface area (Å²) >= 11 is -1.46. The maximum absolute atomic E-state index is 8.55. The van der Waals surface area contributed by atoms with Crippen LogP contribution >= 0.6 is 0 Å². The minimum absolute atomic E-state index is 0.825. The van der Waals surface area contributed by atoms with Crippen LogP contribution in [0.4, 0.5) is 5.69 Å². The number of azide groups is 1. The van der Waals surface area contributed by atoms with Gasteiger partial charge >= 0.3 is 125 Å². The number of anilines is 1. The van der Waals surface area contributed by atoms with Crippen molar-refractivity contribution < 1.29 is 0 Å². The second-order valence-electron chi connectivity index (χ2n) is 4.08. The molecule has 0 amide bonds.